The summed E-state index contributed by atoms with van der Waals surface area (Å²) in [6.45, 7) is 4.90. The lowest BCUT2D eigenvalue weighted by atomic mass is 9.89. The van der Waals surface area contributed by atoms with Gasteiger partial charge in [0.1, 0.15) is 18.1 Å². The van der Waals surface area contributed by atoms with Crippen molar-refractivity contribution >= 4 is 11.6 Å². The quantitative estimate of drug-likeness (QED) is 0.378. The Hall–Kier alpha value is -3.38. The number of aromatic nitrogens is 1. The van der Waals surface area contributed by atoms with Crippen LogP contribution in [0.15, 0.2) is 36.4 Å². The van der Waals surface area contributed by atoms with Crippen molar-refractivity contribution < 1.29 is 14.3 Å². The van der Waals surface area contributed by atoms with Crippen molar-refractivity contribution in [3.05, 3.63) is 64.5 Å². The molecule has 0 spiro atoms. The minimum absolute atomic E-state index is 0.325. The highest BCUT2D eigenvalue weighted by Crippen LogP contribution is 2.47. The molecule has 4 rings (SSSR count). The molecule has 154 valence electrons. The second kappa shape index (κ2) is 7.80. The van der Waals surface area contributed by atoms with Crippen molar-refractivity contribution in [1.29, 1.82) is 0 Å². The van der Waals surface area contributed by atoms with Crippen LogP contribution in [0.3, 0.4) is 0 Å². The molecule has 0 atom stereocenters. The highest BCUT2D eigenvalue weighted by atomic mass is 16.5. The fourth-order valence-corrected chi connectivity index (χ4v) is 4.15. The third-order valence-electron chi connectivity index (χ3n) is 5.63. The van der Waals surface area contributed by atoms with Crippen LogP contribution in [0.4, 0.5) is 5.69 Å². The lowest BCUT2D eigenvalue weighted by molar-refractivity contribution is 0.0994. The Morgan fingerprint density at radius 1 is 1.10 bits per heavy atom. The number of aryl methyl sites for hydroxylation is 1. The van der Waals surface area contributed by atoms with Gasteiger partial charge in [-0.05, 0) is 65.4 Å². The van der Waals surface area contributed by atoms with Crippen molar-refractivity contribution in [2.45, 2.75) is 20.3 Å². The highest BCUT2D eigenvalue weighted by molar-refractivity contribution is 6.01. The second-order valence-electron chi connectivity index (χ2n) is 7.50. The van der Waals surface area contributed by atoms with E-state index in [2.05, 4.69) is 4.98 Å². The minimum atomic E-state index is -0.519. The number of methoxy groups -OCH3 is 1. The van der Waals surface area contributed by atoms with E-state index in [1.807, 2.05) is 50.2 Å². The number of anilines is 1. The number of nitrogens with zero attached hydrogens (tertiary/aromatic N) is 1. The molecule has 1 aliphatic rings. The van der Waals surface area contributed by atoms with E-state index in [0.717, 1.165) is 56.1 Å². The van der Waals surface area contributed by atoms with Gasteiger partial charge in [-0.25, -0.2) is 4.98 Å². The Morgan fingerprint density at radius 3 is 2.63 bits per heavy atom. The molecule has 1 aromatic heterocycles. The maximum absolute atomic E-state index is 12.2. The van der Waals surface area contributed by atoms with E-state index < -0.39 is 5.91 Å². The van der Waals surface area contributed by atoms with Gasteiger partial charge < -0.3 is 20.9 Å². The standard InChI is InChI=1S/C24H25N3O3/c1-13-17(5-4-6-20(13)25)21-14(2)27-23(24(26)28)19-12-15-11-16(30-10-9-29-3)7-8-18(15)22(19)21/h4-8,11H,9-10,12,25H2,1-3H3,(H2,26,28). The summed E-state index contributed by atoms with van der Waals surface area (Å²) in [7, 11) is 1.64. The van der Waals surface area contributed by atoms with E-state index in [-0.39, 0.29) is 0 Å². The Labute approximate surface area is 175 Å². The molecule has 0 radical (unpaired) electrons. The van der Waals surface area contributed by atoms with Crippen LogP contribution < -0.4 is 16.2 Å². The fourth-order valence-electron chi connectivity index (χ4n) is 4.15. The van der Waals surface area contributed by atoms with Gasteiger partial charge in [0.2, 0.25) is 0 Å². The van der Waals surface area contributed by atoms with Crippen molar-refractivity contribution in [2.24, 2.45) is 5.73 Å². The molecule has 1 amide bonds. The number of amides is 1. The summed E-state index contributed by atoms with van der Waals surface area (Å²) in [5.74, 6) is 0.250. The first-order valence-electron chi connectivity index (χ1n) is 9.86. The lowest BCUT2D eigenvalue weighted by Crippen LogP contribution is -2.17. The average Bonchev–Trinajstić information content (AvgIpc) is 3.08. The van der Waals surface area contributed by atoms with Gasteiger partial charge in [-0.15, -0.1) is 0 Å². The average molecular weight is 403 g/mol. The number of ether oxygens (including phenoxy) is 2. The van der Waals surface area contributed by atoms with E-state index in [1.165, 1.54) is 0 Å². The predicted octanol–water partition coefficient (Wildman–Crippen LogP) is 3.64. The Morgan fingerprint density at radius 2 is 1.90 bits per heavy atom. The molecule has 0 aliphatic heterocycles. The Kier molecular flexibility index (Phi) is 5.18. The van der Waals surface area contributed by atoms with Crippen LogP contribution in [0, 0.1) is 13.8 Å². The zero-order chi connectivity index (χ0) is 21.4. The van der Waals surface area contributed by atoms with Crippen LogP contribution in [-0.2, 0) is 11.2 Å². The van der Waals surface area contributed by atoms with Gasteiger partial charge >= 0.3 is 0 Å². The molecule has 1 aliphatic carbocycles. The van der Waals surface area contributed by atoms with Gasteiger partial charge in [0.15, 0.2) is 0 Å². The number of fused-ring (bicyclic) bond motifs is 3. The molecular formula is C24H25N3O3. The smallest absolute Gasteiger partial charge is 0.267 e. The van der Waals surface area contributed by atoms with Gasteiger partial charge in [0, 0.05) is 30.5 Å². The first kappa shape index (κ1) is 19.9. The highest BCUT2D eigenvalue weighted by Gasteiger charge is 2.30. The second-order valence-corrected chi connectivity index (χ2v) is 7.50. The normalized spacial score (nSPS) is 11.8. The van der Waals surface area contributed by atoms with Crippen molar-refractivity contribution in [1.82, 2.24) is 4.98 Å². The summed E-state index contributed by atoms with van der Waals surface area (Å²) in [5, 5.41) is 0. The van der Waals surface area contributed by atoms with Crippen LogP contribution in [-0.4, -0.2) is 31.2 Å². The summed E-state index contributed by atoms with van der Waals surface area (Å²) in [6, 6.07) is 11.9. The third-order valence-corrected chi connectivity index (χ3v) is 5.63. The first-order valence-corrected chi connectivity index (χ1v) is 9.86. The third kappa shape index (κ3) is 3.29. The first-order chi connectivity index (χ1) is 14.4. The topological polar surface area (TPSA) is 100 Å². The summed E-state index contributed by atoms with van der Waals surface area (Å²) < 4.78 is 10.8. The van der Waals surface area contributed by atoms with Crippen LogP contribution in [0.25, 0.3) is 22.3 Å². The fraction of sp³-hybridized carbons (Fsp3) is 0.250. The van der Waals surface area contributed by atoms with Gasteiger partial charge in [-0.3, -0.25) is 4.79 Å². The van der Waals surface area contributed by atoms with Crippen LogP contribution in [0.1, 0.15) is 32.9 Å². The van der Waals surface area contributed by atoms with Crippen molar-refractivity contribution in [2.75, 3.05) is 26.1 Å². The molecule has 0 bridgehead atoms. The number of carbonyl (C=O) groups is 1. The van der Waals surface area contributed by atoms with Gasteiger partial charge in [0.25, 0.3) is 5.91 Å². The van der Waals surface area contributed by atoms with E-state index in [4.69, 9.17) is 20.9 Å². The molecule has 0 unspecified atom stereocenters. The van der Waals surface area contributed by atoms with Gasteiger partial charge in [-0.1, -0.05) is 18.2 Å². The zero-order valence-corrected chi connectivity index (χ0v) is 17.4. The lowest BCUT2D eigenvalue weighted by Gasteiger charge is -2.18. The molecule has 0 saturated carbocycles. The van der Waals surface area contributed by atoms with E-state index in [0.29, 0.717) is 25.3 Å². The largest absolute Gasteiger partial charge is 0.491 e. The number of nitrogen functional groups attached to an aromatic ring is 1. The molecule has 4 N–H and O–H groups in total. The van der Waals surface area contributed by atoms with E-state index in [9.17, 15) is 4.79 Å². The monoisotopic (exact) mass is 403 g/mol. The number of rotatable bonds is 6. The molecule has 6 nitrogen and oxygen atoms in total. The van der Waals surface area contributed by atoms with Gasteiger partial charge in [0.05, 0.1) is 6.61 Å². The van der Waals surface area contributed by atoms with Crippen molar-refractivity contribution in [3.8, 4) is 28.0 Å². The summed E-state index contributed by atoms with van der Waals surface area (Å²) in [5.41, 5.74) is 20.7. The molecular weight excluding hydrogens is 378 g/mol. The molecule has 30 heavy (non-hydrogen) atoms. The maximum Gasteiger partial charge on any atom is 0.267 e. The summed E-state index contributed by atoms with van der Waals surface area (Å²) in [6.07, 6.45) is 0.575. The number of hydrogen-bond acceptors (Lipinski definition) is 5. The number of carbonyl (C=O) groups excluding carboxylic acids is 1. The van der Waals surface area contributed by atoms with Crippen LogP contribution in [0.5, 0.6) is 5.75 Å². The molecule has 0 fully saturated rings. The molecule has 6 heteroatoms. The van der Waals surface area contributed by atoms with Crippen LogP contribution >= 0.6 is 0 Å². The predicted molar refractivity (Wildman–Crippen MR) is 118 cm³/mol. The number of hydrogen-bond donors (Lipinski definition) is 2. The van der Waals surface area contributed by atoms with Crippen LogP contribution in [0.2, 0.25) is 0 Å². The Balaban J connectivity index is 1.92. The minimum Gasteiger partial charge on any atom is -0.491 e. The van der Waals surface area contributed by atoms with Gasteiger partial charge in [-0.2, -0.15) is 0 Å². The molecule has 2 aromatic carbocycles. The SMILES string of the molecule is COCCOc1ccc2c(c1)Cc1c(C(N)=O)nc(C)c(-c3cccc(N)c3C)c1-2. The van der Waals surface area contributed by atoms with E-state index in [1.54, 1.807) is 7.11 Å². The molecule has 3 aromatic rings. The molecule has 1 heterocycles. The molecule has 0 saturated heterocycles. The summed E-state index contributed by atoms with van der Waals surface area (Å²) in [4.78, 5) is 16.8. The van der Waals surface area contributed by atoms with Crippen molar-refractivity contribution in [3.63, 3.8) is 0 Å². The maximum atomic E-state index is 12.2. The number of primary amides is 1. The van der Waals surface area contributed by atoms with E-state index >= 15 is 0 Å². The summed E-state index contributed by atoms with van der Waals surface area (Å²) >= 11 is 0. The number of pyridine rings is 1. The zero-order valence-electron chi connectivity index (χ0n) is 17.4. The number of benzene rings is 2. The number of nitrogens with two attached hydrogens (primary N) is 2. The Bertz CT molecular complexity index is 1150.